The van der Waals surface area contributed by atoms with Crippen LogP contribution in [0.4, 0.5) is 0 Å². The second-order valence-electron chi connectivity index (χ2n) is 17.2. The highest BCUT2D eigenvalue weighted by molar-refractivity contribution is 5.96. The first-order chi connectivity index (χ1) is 31.7. The van der Waals surface area contributed by atoms with Gasteiger partial charge in [0.15, 0.2) is 23.6 Å². The van der Waals surface area contributed by atoms with Crippen molar-refractivity contribution in [3.05, 3.63) is 113 Å². The molecule has 5 N–H and O–H groups in total. The van der Waals surface area contributed by atoms with Gasteiger partial charge in [-0.2, -0.15) is 0 Å². The molecule has 2 saturated carbocycles. The molecule has 1 aliphatic heterocycles. The zero-order chi connectivity index (χ0) is 50.2. The standard InChI is InChI=1S/C47H51NO15/c1-24-31(61-43(57)36(53)35(27-17-19-30(51)20-18-27)48-41(55)28-13-9-7-10-14-28)22-47(58)40(62-42(56)29-15-11-8-12-16-29)38-45(6,32(52)21-33-46(38,23-59-33)63-26(3)50)39(54)37(60-25(2)49)34(24)44(47,4)5/h7-20,31-33,35-38,40,51-53,58H,21-23H2,1-6H3,(H,48,55)/t31-,32-,33?,35-,36+,37+,38-,40+,45+,46?,47+/m0/s1/i7D,9D,10D,13D,14D. The molecule has 0 spiro atoms. The minimum absolute atomic E-state index is 0.000810. The molecule has 1 saturated heterocycles. The van der Waals surface area contributed by atoms with Crippen LogP contribution in [0.5, 0.6) is 5.75 Å². The van der Waals surface area contributed by atoms with Crippen molar-refractivity contribution in [2.24, 2.45) is 16.7 Å². The lowest BCUT2D eigenvalue weighted by Gasteiger charge is -2.67. The molecular formula is C47H51NO15. The molecule has 16 nitrogen and oxygen atoms in total. The monoisotopic (exact) mass is 874 g/mol. The van der Waals surface area contributed by atoms with Crippen LogP contribution in [-0.4, -0.2) is 110 Å². The number of amides is 1. The van der Waals surface area contributed by atoms with Crippen molar-refractivity contribution in [1.82, 2.24) is 5.32 Å². The number of aliphatic hydroxyl groups excluding tert-OH is 2. The summed E-state index contributed by atoms with van der Waals surface area (Å²) in [5.41, 5.74) is -9.24. The maximum atomic E-state index is 15.5. The van der Waals surface area contributed by atoms with Crippen LogP contribution in [0.3, 0.4) is 0 Å². The predicted molar refractivity (Wildman–Crippen MR) is 219 cm³/mol. The molecule has 3 aromatic carbocycles. The number of carbonyl (C=O) groups is 6. The summed E-state index contributed by atoms with van der Waals surface area (Å²) < 4.78 is 70.8. The molecule has 3 fully saturated rings. The third-order valence-electron chi connectivity index (χ3n) is 13.3. The molecule has 11 atom stereocenters. The molecule has 1 heterocycles. The number of aliphatic hydroxyl groups is 3. The Morgan fingerprint density at radius 2 is 1.56 bits per heavy atom. The van der Waals surface area contributed by atoms with Gasteiger partial charge in [-0.1, -0.05) is 62.3 Å². The van der Waals surface area contributed by atoms with E-state index in [1.807, 2.05) is 0 Å². The Labute approximate surface area is 370 Å². The number of ether oxygens (including phenoxy) is 5. The van der Waals surface area contributed by atoms with Gasteiger partial charge in [0.25, 0.3) is 5.91 Å². The van der Waals surface area contributed by atoms with Gasteiger partial charge in [0.2, 0.25) is 0 Å². The second kappa shape index (κ2) is 16.6. The zero-order valence-electron chi connectivity index (χ0n) is 40.2. The Kier molecular flexibility index (Phi) is 10.2. The summed E-state index contributed by atoms with van der Waals surface area (Å²) in [6.07, 6.45) is -11.6. The van der Waals surface area contributed by atoms with E-state index >= 15 is 4.79 Å². The Morgan fingerprint density at radius 1 is 0.905 bits per heavy atom. The average Bonchev–Trinajstić information content (AvgIpc) is 3.28. The zero-order valence-corrected chi connectivity index (χ0v) is 35.2. The number of esters is 4. The fourth-order valence-corrected chi connectivity index (χ4v) is 9.97. The number of phenols is 1. The highest BCUT2D eigenvalue weighted by Gasteiger charge is 2.78. The van der Waals surface area contributed by atoms with Gasteiger partial charge >= 0.3 is 23.9 Å². The Bertz CT molecular complexity index is 2600. The molecule has 0 aromatic heterocycles. The smallest absolute Gasteiger partial charge is 0.338 e. The first-order valence-electron chi connectivity index (χ1n) is 22.7. The van der Waals surface area contributed by atoms with Gasteiger partial charge in [0.05, 0.1) is 42.5 Å². The number of hydrogen-bond donors (Lipinski definition) is 5. The molecule has 0 radical (unpaired) electrons. The third kappa shape index (κ3) is 7.58. The van der Waals surface area contributed by atoms with Gasteiger partial charge in [-0.3, -0.25) is 19.2 Å². The van der Waals surface area contributed by atoms with Crippen molar-refractivity contribution in [2.75, 3.05) is 6.61 Å². The topological polar surface area (TPSA) is 242 Å². The number of fused-ring (bicyclic) bond motifs is 5. The lowest BCUT2D eigenvalue weighted by Crippen LogP contribution is -2.82. The Morgan fingerprint density at radius 3 is 2.14 bits per heavy atom. The van der Waals surface area contributed by atoms with E-state index in [1.165, 1.54) is 52.0 Å². The molecule has 3 aliphatic carbocycles. The van der Waals surface area contributed by atoms with E-state index in [4.69, 9.17) is 30.5 Å². The molecule has 7 rings (SSSR count). The van der Waals surface area contributed by atoms with Gasteiger partial charge in [0.1, 0.15) is 29.7 Å². The van der Waals surface area contributed by atoms with E-state index in [2.05, 4.69) is 5.32 Å². The summed E-state index contributed by atoms with van der Waals surface area (Å²) in [4.78, 5) is 84.2. The van der Waals surface area contributed by atoms with Gasteiger partial charge in [-0.25, -0.2) is 9.59 Å². The molecule has 3 aromatic rings. The highest BCUT2D eigenvalue weighted by Crippen LogP contribution is 2.64. The lowest BCUT2D eigenvalue weighted by atomic mass is 9.44. The minimum Gasteiger partial charge on any atom is -0.508 e. The van der Waals surface area contributed by atoms with Crippen LogP contribution in [0.1, 0.15) is 93.6 Å². The number of carbonyl (C=O) groups excluding carboxylic acids is 6. The van der Waals surface area contributed by atoms with E-state index in [-0.39, 0.29) is 41.1 Å². The summed E-state index contributed by atoms with van der Waals surface area (Å²) in [6.45, 7) is 7.47. The van der Waals surface area contributed by atoms with Crippen LogP contribution in [0.25, 0.3) is 0 Å². The number of aromatic hydroxyl groups is 1. The van der Waals surface area contributed by atoms with Crippen LogP contribution >= 0.6 is 0 Å². The number of benzene rings is 3. The minimum atomic E-state index is -2.52. The van der Waals surface area contributed by atoms with E-state index in [1.54, 1.807) is 18.2 Å². The summed E-state index contributed by atoms with van der Waals surface area (Å²) in [5.74, 6) is -8.45. The van der Waals surface area contributed by atoms with E-state index in [0.29, 0.717) is 0 Å². The van der Waals surface area contributed by atoms with Gasteiger partial charge in [0, 0.05) is 37.7 Å². The first kappa shape index (κ1) is 38.7. The number of nitrogens with one attached hydrogen (secondary N) is 1. The van der Waals surface area contributed by atoms with Crippen LogP contribution in [-0.2, 0) is 42.9 Å². The number of Topliss-reactive ketones (excluding diaryl/α,β-unsaturated/α-hetero) is 1. The summed E-state index contributed by atoms with van der Waals surface area (Å²) >= 11 is 0. The molecular weight excluding hydrogens is 819 g/mol. The summed E-state index contributed by atoms with van der Waals surface area (Å²) in [7, 11) is 0. The molecule has 16 heteroatoms. The van der Waals surface area contributed by atoms with Gasteiger partial charge in [-0.05, 0) is 66.9 Å². The maximum absolute atomic E-state index is 15.5. The molecule has 334 valence electrons. The van der Waals surface area contributed by atoms with Crippen molar-refractivity contribution in [3.8, 4) is 5.75 Å². The number of rotatable bonds is 10. The molecule has 63 heavy (non-hydrogen) atoms. The van der Waals surface area contributed by atoms with E-state index < -0.39 is 148 Å². The second-order valence-corrected chi connectivity index (χ2v) is 17.2. The van der Waals surface area contributed by atoms with E-state index in [9.17, 15) is 44.4 Å². The number of ketones is 1. The van der Waals surface area contributed by atoms with Crippen LogP contribution in [0.2, 0.25) is 0 Å². The van der Waals surface area contributed by atoms with Crippen molar-refractivity contribution in [2.45, 2.75) is 108 Å². The number of phenolic OH excluding ortho intramolecular Hbond substituents is 1. The van der Waals surface area contributed by atoms with Crippen LogP contribution < -0.4 is 5.32 Å². The largest absolute Gasteiger partial charge is 0.508 e. The summed E-state index contributed by atoms with van der Waals surface area (Å²) in [5, 5.41) is 50.1. The first-order valence-corrected chi connectivity index (χ1v) is 20.2. The van der Waals surface area contributed by atoms with Crippen LogP contribution in [0.15, 0.2) is 96.0 Å². The molecule has 4 aliphatic rings. The predicted octanol–water partition coefficient (Wildman–Crippen LogP) is 3.44. The van der Waals surface area contributed by atoms with Crippen LogP contribution in [0, 0.1) is 16.7 Å². The quantitative estimate of drug-likeness (QED) is 0.111. The fraction of sp³-hybridized carbons (Fsp3) is 0.447. The normalized spacial score (nSPS) is 32.7. The average molecular weight is 875 g/mol. The Balaban J connectivity index is 1.38. The lowest BCUT2D eigenvalue weighted by molar-refractivity contribution is -0.346. The summed E-state index contributed by atoms with van der Waals surface area (Å²) in [6, 6.07) is 6.34. The maximum Gasteiger partial charge on any atom is 0.338 e. The number of hydrogen-bond acceptors (Lipinski definition) is 15. The van der Waals surface area contributed by atoms with Crippen molar-refractivity contribution >= 4 is 35.6 Å². The van der Waals surface area contributed by atoms with E-state index in [0.717, 1.165) is 26.0 Å². The van der Waals surface area contributed by atoms with Crippen molar-refractivity contribution in [1.29, 1.82) is 0 Å². The molecule has 1 amide bonds. The molecule has 2 unspecified atom stereocenters. The fourth-order valence-electron chi connectivity index (χ4n) is 9.97. The van der Waals surface area contributed by atoms with Gasteiger partial charge < -0.3 is 49.4 Å². The third-order valence-corrected chi connectivity index (χ3v) is 13.3. The molecule has 2 bridgehead atoms. The van der Waals surface area contributed by atoms with Gasteiger partial charge in [-0.15, -0.1) is 0 Å². The SMILES string of the molecule is [2H]c1c([2H])c([2H])c(C(=O)N[C@@H](c2ccc(O)cc2)[C@@H](O)C(=O)O[C@H]2C[C@@]3(O)[C@H](OC(=O)c4ccccc4)[C@@H]4C5(OC(C)=O)COC5C[C@H](O)[C@@]4(C)C(=O)[C@H](OC(C)=O)C(=C2C)C3(C)C)c([2H])c1[2H]. The Hall–Kier alpha value is -5.94. The highest BCUT2D eigenvalue weighted by atomic mass is 16.6. The van der Waals surface area contributed by atoms with Crippen molar-refractivity contribution < 1.29 is 79.7 Å². The van der Waals surface area contributed by atoms with Crippen molar-refractivity contribution in [3.63, 3.8) is 0 Å².